The molecule has 0 aromatic rings. The molecule has 1 aliphatic heterocycles. The second-order valence-electron chi connectivity index (χ2n) is 18.0. The normalized spacial score (nSPS) is 19.6. The number of aliphatic hydroxyl groups excluding tert-OH is 3. The van der Waals surface area contributed by atoms with Crippen molar-refractivity contribution in [1.29, 1.82) is 0 Å². The summed E-state index contributed by atoms with van der Waals surface area (Å²) in [7, 11) is 0. The Balaban J connectivity index is 2.27. The van der Waals surface area contributed by atoms with Crippen molar-refractivity contribution in [2.24, 2.45) is 0 Å². The first-order valence-electron chi connectivity index (χ1n) is 26.2. The number of unbranched alkanes of at least 4 members (excludes halogenated alkanes) is 25. The SMILES string of the molecule is CC/C=C\C/C=C\C/C=C\C/C=C\CCCCCCCCCCCCC(=O)OCC(COC1OC(C(=O)O)C(O)C(O)C1O)OC(=O)CCCCCCCCCCCCCCCCCC. The summed E-state index contributed by atoms with van der Waals surface area (Å²) in [6, 6.07) is 0. The standard InChI is InChI=1S/C54H94O11/c1-3-5-7-9-11-13-15-17-19-21-22-23-24-25-26-27-29-30-32-34-36-38-40-42-47(55)62-44-46(45-63-54-51(59)49(57)50(58)52(65-54)53(60)61)64-48(56)43-41-39-37-35-33-31-28-20-18-16-14-12-10-8-6-4-2/h5,7,11,13,17,19,22-23,46,49-52,54,57-59H,3-4,6,8-10,12,14-16,18,20-21,24-45H2,1-2H3,(H,60,61)/b7-5-,13-11-,19-17-,23-22-. The van der Waals surface area contributed by atoms with Crippen LogP contribution in [0.2, 0.25) is 0 Å². The van der Waals surface area contributed by atoms with Gasteiger partial charge in [0.25, 0.3) is 0 Å². The van der Waals surface area contributed by atoms with Crippen LogP contribution in [-0.4, -0.2) is 88.4 Å². The lowest BCUT2D eigenvalue weighted by molar-refractivity contribution is -0.298. The number of carboxylic acid groups (broad SMARTS) is 1. The molecule has 6 unspecified atom stereocenters. The molecule has 0 spiro atoms. The number of ether oxygens (including phenoxy) is 4. The molecule has 6 atom stereocenters. The van der Waals surface area contributed by atoms with Crippen molar-refractivity contribution in [1.82, 2.24) is 0 Å². The first kappa shape index (κ1) is 60.2. The Bertz CT molecular complexity index is 1260. The molecule has 4 N–H and O–H groups in total. The van der Waals surface area contributed by atoms with E-state index in [1.807, 2.05) is 0 Å². The van der Waals surface area contributed by atoms with E-state index >= 15 is 0 Å². The number of aliphatic carboxylic acids is 1. The summed E-state index contributed by atoms with van der Waals surface area (Å²) in [4.78, 5) is 37.0. The van der Waals surface area contributed by atoms with Crippen LogP contribution in [0.3, 0.4) is 0 Å². The van der Waals surface area contributed by atoms with Crippen molar-refractivity contribution >= 4 is 17.9 Å². The van der Waals surface area contributed by atoms with Gasteiger partial charge >= 0.3 is 17.9 Å². The van der Waals surface area contributed by atoms with E-state index in [-0.39, 0.29) is 26.1 Å². The van der Waals surface area contributed by atoms with Gasteiger partial charge in [0.2, 0.25) is 0 Å². The molecule has 11 heteroatoms. The Morgan fingerprint density at radius 3 is 1.37 bits per heavy atom. The third-order valence-corrected chi connectivity index (χ3v) is 11.9. The first-order chi connectivity index (χ1) is 31.7. The lowest BCUT2D eigenvalue weighted by atomic mass is 9.99. The van der Waals surface area contributed by atoms with Gasteiger partial charge in [-0.3, -0.25) is 9.59 Å². The molecule has 0 aromatic heterocycles. The van der Waals surface area contributed by atoms with Crippen LogP contribution < -0.4 is 0 Å². The van der Waals surface area contributed by atoms with Gasteiger partial charge in [0, 0.05) is 12.8 Å². The Morgan fingerprint density at radius 1 is 0.492 bits per heavy atom. The zero-order chi connectivity index (χ0) is 47.4. The van der Waals surface area contributed by atoms with E-state index in [0.29, 0.717) is 12.8 Å². The zero-order valence-corrected chi connectivity index (χ0v) is 41.0. The molecule has 11 nitrogen and oxygen atoms in total. The Hall–Kier alpha value is -2.83. The molecular formula is C54H94O11. The Labute approximate surface area is 394 Å². The molecule has 1 fully saturated rings. The van der Waals surface area contributed by atoms with Gasteiger partial charge in [-0.25, -0.2) is 4.79 Å². The maximum Gasteiger partial charge on any atom is 0.335 e. The number of allylic oxidation sites excluding steroid dienone is 8. The van der Waals surface area contributed by atoms with Crippen LogP contribution in [0.25, 0.3) is 0 Å². The quantitative estimate of drug-likeness (QED) is 0.0261. The second-order valence-corrected chi connectivity index (χ2v) is 18.0. The van der Waals surface area contributed by atoms with Crippen LogP contribution in [0.5, 0.6) is 0 Å². The van der Waals surface area contributed by atoms with Gasteiger partial charge in [0.05, 0.1) is 6.61 Å². The number of carbonyl (C=O) groups is 3. The average molecular weight is 919 g/mol. The summed E-state index contributed by atoms with van der Waals surface area (Å²) in [6.07, 6.45) is 44.4. The molecule has 1 aliphatic rings. The molecule has 65 heavy (non-hydrogen) atoms. The predicted octanol–water partition coefficient (Wildman–Crippen LogP) is 12.5. The van der Waals surface area contributed by atoms with Crippen LogP contribution in [0, 0.1) is 0 Å². The minimum absolute atomic E-state index is 0.185. The topological polar surface area (TPSA) is 169 Å². The average Bonchev–Trinajstić information content (AvgIpc) is 3.29. The molecule has 0 radical (unpaired) electrons. The highest BCUT2D eigenvalue weighted by atomic mass is 16.7. The summed E-state index contributed by atoms with van der Waals surface area (Å²) in [5, 5.41) is 40.0. The summed E-state index contributed by atoms with van der Waals surface area (Å²) >= 11 is 0. The molecule has 1 rings (SSSR count). The fourth-order valence-electron chi connectivity index (χ4n) is 7.87. The molecule has 1 saturated heterocycles. The van der Waals surface area contributed by atoms with Gasteiger partial charge < -0.3 is 39.4 Å². The van der Waals surface area contributed by atoms with Crippen molar-refractivity contribution in [3.8, 4) is 0 Å². The minimum atomic E-state index is -1.86. The van der Waals surface area contributed by atoms with E-state index in [1.165, 1.54) is 116 Å². The maximum atomic E-state index is 12.8. The van der Waals surface area contributed by atoms with Crippen molar-refractivity contribution in [3.05, 3.63) is 48.6 Å². The summed E-state index contributed by atoms with van der Waals surface area (Å²) in [5.74, 6) is -2.44. The van der Waals surface area contributed by atoms with Crippen LogP contribution in [0.1, 0.15) is 226 Å². The van der Waals surface area contributed by atoms with Gasteiger partial charge in [-0.05, 0) is 51.4 Å². The molecule has 376 valence electrons. The highest BCUT2D eigenvalue weighted by Crippen LogP contribution is 2.23. The maximum absolute atomic E-state index is 12.8. The van der Waals surface area contributed by atoms with Gasteiger partial charge in [-0.1, -0.05) is 210 Å². The number of esters is 2. The zero-order valence-electron chi connectivity index (χ0n) is 41.0. The molecule has 0 saturated carbocycles. The van der Waals surface area contributed by atoms with Gasteiger partial charge in [0.15, 0.2) is 18.5 Å². The second kappa shape index (κ2) is 43.7. The number of carbonyl (C=O) groups excluding carboxylic acids is 2. The van der Waals surface area contributed by atoms with E-state index < -0.39 is 54.7 Å². The molecule has 0 bridgehead atoms. The van der Waals surface area contributed by atoms with E-state index in [9.17, 15) is 34.8 Å². The van der Waals surface area contributed by atoms with Crippen LogP contribution >= 0.6 is 0 Å². The van der Waals surface area contributed by atoms with Crippen LogP contribution in [0.4, 0.5) is 0 Å². The number of aliphatic hydroxyl groups is 3. The van der Waals surface area contributed by atoms with E-state index in [0.717, 1.165) is 70.6 Å². The van der Waals surface area contributed by atoms with Gasteiger partial charge in [-0.2, -0.15) is 0 Å². The highest BCUT2D eigenvalue weighted by molar-refractivity contribution is 5.73. The van der Waals surface area contributed by atoms with Gasteiger partial charge in [-0.15, -0.1) is 0 Å². The number of hydrogen-bond donors (Lipinski definition) is 4. The Kier molecular flexibility index (Phi) is 40.5. The van der Waals surface area contributed by atoms with Crippen molar-refractivity contribution in [3.63, 3.8) is 0 Å². The lowest BCUT2D eigenvalue weighted by Crippen LogP contribution is -2.60. The fourth-order valence-corrected chi connectivity index (χ4v) is 7.87. The number of rotatable bonds is 44. The largest absolute Gasteiger partial charge is 0.479 e. The molecule has 1 heterocycles. The van der Waals surface area contributed by atoms with Crippen molar-refractivity contribution in [2.45, 2.75) is 263 Å². The van der Waals surface area contributed by atoms with E-state index in [2.05, 4.69) is 62.5 Å². The van der Waals surface area contributed by atoms with E-state index in [1.54, 1.807) is 0 Å². The smallest absolute Gasteiger partial charge is 0.335 e. The van der Waals surface area contributed by atoms with Crippen molar-refractivity contribution in [2.75, 3.05) is 13.2 Å². The summed E-state index contributed by atoms with van der Waals surface area (Å²) in [5.41, 5.74) is 0. The summed E-state index contributed by atoms with van der Waals surface area (Å²) in [6.45, 7) is 3.73. The lowest BCUT2D eigenvalue weighted by Gasteiger charge is -2.38. The minimum Gasteiger partial charge on any atom is -0.479 e. The molecular weight excluding hydrogens is 825 g/mol. The van der Waals surface area contributed by atoms with Crippen LogP contribution in [0.15, 0.2) is 48.6 Å². The summed E-state index contributed by atoms with van der Waals surface area (Å²) < 4.78 is 21.8. The third kappa shape index (κ3) is 35.0. The van der Waals surface area contributed by atoms with Crippen molar-refractivity contribution < 1.29 is 53.8 Å². The highest BCUT2D eigenvalue weighted by Gasteiger charge is 2.47. The van der Waals surface area contributed by atoms with Gasteiger partial charge in [0.1, 0.15) is 24.9 Å². The third-order valence-electron chi connectivity index (χ3n) is 11.9. The van der Waals surface area contributed by atoms with E-state index in [4.69, 9.17) is 18.9 Å². The fraction of sp³-hybridized carbons (Fsp3) is 0.796. The monoisotopic (exact) mass is 919 g/mol. The number of carboxylic acids is 1. The molecule has 0 amide bonds. The number of hydrogen-bond acceptors (Lipinski definition) is 10. The Morgan fingerprint density at radius 2 is 0.908 bits per heavy atom. The van der Waals surface area contributed by atoms with Crippen LogP contribution in [-0.2, 0) is 33.3 Å². The first-order valence-corrected chi connectivity index (χ1v) is 26.2. The molecule has 0 aliphatic carbocycles. The molecule has 0 aromatic carbocycles. The predicted molar refractivity (Wildman–Crippen MR) is 261 cm³/mol.